The minimum atomic E-state index is -1.22. The summed E-state index contributed by atoms with van der Waals surface area (Å²) in [4.78, 5) is 48.1. The number of hydrogen-bond acceptors (Lipinski definition) is 10. The van der Waals surface area contributed by atoms with Crippen LogP contribution in [-0.2, 0) is 59.4 Å². The molecule has 1 heterocycles. The Labute approximate surface area is 251 Å². The average molecular weight is 597 g/mol. The van der Waals surface area contributed by atoms with Crippen LogP contribution < -0.4 is 0 Å². The van der Waals surface area contributed by atoms with E-state index in [-0.39, 0.29) is 12.0 Å². The largest absolute Gasteiger partial charge is 0.463 e. The first-order valence-electron chi connectivity index (χ1n) is 14.4. The Morgan fingerprint density at radius 1 is 0.814 bits per heavy atom. The second kappa shape index (κ2) is 13.7. The van der Waals surface area contributed by atoms with Gasteiger partial charge in [-0.15, -0.1) is 0 Å². The van der Waals surface area contributed by atoms with Crippen molar-refractivity contribution in [3.05, 3.63) is 70.3 Å². The maximum Gasteiger partial charge on any atom is 0.303 e. The van der Waals surface area contributed by atoms with Gasteiger partial charge in [0.1, 0.15) is 18.8 Å². The van der Waals surface area contributed by atoms with E-state index in [2.05, 4.69) is 24.3 Å². The monoisotopic (exact) mass is 596 g/mol. The van der Waals surface area contributed by atoms with Gasteiger partial charge in [-0.05, 0) is 54.0 Å². The van der Waals surface area contributed by atoms with Crippen LogP contribution in [0.3, 0.4) is 0 Å². The van der Waals surface area contributed by atoms with E-state index in [4.69, 9.17) is 28.4 Å². The van der Waals surface area contributed by atoms with Crippen molar-refractivity contribution in [1.29, 1.82) is 0 Å². The molecule has 4 rings (SSSR count). The Hall–Kier alpha value is -3.76. The van der Waals surface area contributed by atoms with Crippen molar-refractivity contribution in [3.63, 3.8) is 0 Å². The molecule has 1 aliphatic heterocycles. The predicted molar refractivity (Wildman–Crippen MR) is 154 cm³/mol. The molecule has 10 nitrogen and oxygen atoms in total. The average Bonchev–Trinajstić information content (AvgIpc) is 3.71. The smallest absolute Gasteiger partial charge is 0.303 e. The third-order valence-electron chi connectivity index (χ3n) is 7.93. The standard InChI is InChI=1S/C33H40O10/c1-19-7-10-25(16-26(19)15-24-8-11-27(12-9-24)33(13-14-33)18-38-6)29-31(41-22(4)36)32(42-23(5)37)30(40-21(3)35)28(43-29)17-39-20(2)34/h7-12,16,28-32H,13-15,17-18H2,1-6H3/t28-,29+,30-,31+,32+/m1/s1. The lowest BCUT2D eigenvalue weighted by Crippen LogP contribution is -2.59. The van der Waals surface area contributed by atoms with Crippen LogP contribution in [-0.4, -0.2) is 68.6 Å². The lowest BCUT2D eigenvalue weighted by molar-refractivity contribution is -0.254. The first-order valence-corrected chi connectivity index (χ1v) is 14.4. The van der Waals surface area contributed by atoms with Gasteiger partial charge in [0.2, 0.25) is 0 Å². The van der Waals surface area contributed by atoms with Crippen molar-refractivity contribution in [1.82, 2.24) is 0 Å². The van der Waals surface area contributed by atoms with Gasteiger partial charge in [-0.25, -0.2) is 0 Å². The molecular formula is C33H40O10. The van der Waals surface area contributed by atoms with E-state index in [1.54, 1.807) is 7.11 Å². The number of ether oxygens (including phenoxy) is 6. The molecule has 1 saturated heterocycles. The molecule has 0 spiro atoms. The quantitative estimate of drug-likeness (QED) is 0.277. The van der Waals surface area contributed by atoms with Crippen molar-refractivity contribution in [2.45, 2.75) is 89.8 Å². The van der Waals surface area contributed by atoms with Gasteiger partial charge in [0.25, 0.3) is 0 Å². The number of methoxy groups -OCH3 is 1. The van der Waals surface area contributed by atoms with Gasteiger partial charge in [0.05, 0.1) is 6.61 Å². The normalized spacial score (nSPS) is 24.0. The summed E-state index contributed by atoms with van der Waals surface area (Å²) in [5.41, 5.74) is 5.26. The third-order valence-corrected chi connectivity index (χ3v) is 7.93. The van der Waals surface area contributed by atoms with Crippen molar-refractivity contribution in [2.75, 3.05) is 20.3 Å². The van der Waals surface area contributed by atoms with Crippen LogP contribution in [0.15, 0.2) is 42.5 Å². The number of carbonyl (C=O) groups excluding carboxylic acids is 4. The molecule has 0 unspecified atom stereocenters. The zero-order valence-corrected chi connectivity index (χ0v) is 25.5. The molecule has 5 atom stereocenters. The Balaban J connectivity index is 1.68. The summed E-state index contributed by atoms with van der Waals surface area (Å²) < 4.78 is 33.8. The molecule has 1 aliphatic carbocycles. The van der Waals surface area contributed by atoms with Gasteiger partial charge < -0.3 is 28.4 Å². The van der Waals surface area contributed by atoms with Gasteiger partial charge in [-0.3, -0.25) is 19.2 Å². The molecule has 0 radical (unpaired) electrons. The second-order valence-electron chi connectivity index (χ2n) is 11.4. The summed E-state index contributed by atoms with van der Waals surface area (Å²) in [6.07, 6.45) is -2.61. The number of esters is 4. The summed E-state index contributed by atoms with van der Waals surface area (Å²) >= 11 is 0. The number of benzene rings is 2. The highest BCUT2D eigenvalue weighted by atomic mass is 16.7. The highest BCUT2D eigenvalue weighted by Gasteiger charge is 2.52. The van der Waals surface area contributed by atoms with Crippen molar-refractivity contribution < 1.29 is 47.6 Å². The molecule has 2 aromatic rings. The van der Waals surface area contributed by atoms with Gasteiger partial charge in [0.15, 0.2) is 18.3 Å². The van der Waals surface area contributed by atoms with Crippen LogP contribution in [0.1, 0.15) is 74.5 Å². The SMILES string of the molecule is COCC1(c2ccc(Cc3cc([C@@H]4O[C@H](COC(C)=O)[C@@H](OC(C)=O)[C@H](OC(C)=O)[C@H]4OC(C)=O)ccc3C)cc2)CC1. The molecule has 2 aliphatic rings. The van der Waals surface area contributed by atoms with Crippen molar-refractivity contribution in [3.8, 4) is 0 Å². The predicted octanol–water partition coefficient (Wildman–Crippen LogP) is 4.06. The molecule has 2 aromatic carbocycles. The third kappa shape index (κ3) is 8.00. The molecule has 232 valence electrons. The first-order chi connectivity index (χ1) is 20.4. The molecule has 43 heavy (non-hydrogen) atoms. The van der Waals surface area contributed by atoms with Crippen LogP contribution >= 0.6 is 0 Å². The minimum Gasteiger partial charge on any atom is -0.463 e. The first kappa shape index (κ1) is 32.2. The number of aryl methyl sites for hydroxylation is 1. The van der Waals surface area contributed by atoms with E-state index in [0.29, 0.717) is 18.6 Å². The molecule has 0 N–H and O–H groups in total. The van der Waals surface area contributed by atoms with E-state index in [1.807, 2.05) is 25.1 Å². The second-order valence-corrected chi connectivity index (χ2v) is 11.4. The Kier molecular flexibility index (Phi) is 10.2. The van der Waals surface area contributed by atoms with Gasteiger partial charge in [0, 0.05) is 40.2 Å². The molecule has 0 aromatic heterocycles. The van der Waals surface area contributed by atoms with Crippen LogP contribution in [0.4, 0.5) is 0 Å². The van der Waals surface area contributed by atoms with E-state index >= 15 is 0 Å². The highest BCUT2D eigenvalue weighted by molar-refractivity contribution is 5.69. The zero-order chi connectivity index (χ0) is 31.3. The molecule has 2 fully saturated rings. The van der Waals surface area contributed by atoms with Crippen LogP contribution in [0.2, 0.25) is 0 Å². The number of carbonyl (C=O) groups is 4. The Morgan fingerprint density at radius 3 is 1.98 bits per heavy atom. The summed E-state index contributed by atoms with van der Waals surface area (Å²) in [7, 11) is 1.73. The molecule has 10 heteroatoms. The van der Waals surface area contributed by atoms with E-state index in [1.165, 1.54) is 33.3 Å². The number of hydrogen-bond donors (Lipinski definition) is 0. The summed E-state index contributed by atoms with van der Waals surface area (Å²) in [5, 5.41) is 0. The van der Waals surface area contributed by atoms with E-state index in [9.17, 15) is 19.2 Å². The Bertz CT molecular complexity index is 1330. The summed E-state index contributed by atoms with van der Waals surface area (Å²) in [6.45, 7) is 7.33. The van der Waals surface area contributed by atoms with Gasteiger partial charge in [-0.2, -0.15) is 0 Å². The van der Waals surface area contributed by atoms with E-state index < -0.39 is 54.4 Å². The minimum absolute atomic E-state index is 0.123. The summed E-state index contributed by atoms with van der Waals surface area (Å²) in [6, 6.07) is 14.4. The highest BCUT2D eigenvalue weighted by Crippen LogP contribution is 2.48. The zero-order valence-electron chi connectivity index (χ0n) is 25.5. The lowest BCUT2D eigenvalue weighted by Gasteiger charge is -2.44. The fraction of sp³-hybridized carbons (Fsp3) is 0.515. The molecule has 1 saturated carbocycles. The molecule has 0 bridgehead atoms. The van der Waals surface area contributed by atoms with E-state index in [0.717, 1.165) is 29.5 Å². The topological polar surface area (TPSA) is 124 Å². The summed E-state index contributed by atoms with van der Waals surface area (Å²) in [5.74, 6) is -2.54. The maximum absolute atomic E-state index is 12.2. The van der Waals surface area contributed by atoms with Crippen LogP contribution in [0.25, 0.3) is 0 Å². The van der Waals surface area contributed by atoms with Crippen LogP contribution in [0, 0.1) is 6.92 Å². The Morgan fingerprint density at radius 2 is 1.42 bits per heavy atom. The van der Waals surface area contributed by atoms with Gasteiger partial charge in [-0.1, -0.05) is 42.5 Å². The number of rotatable bonds is 11. The van der Waals surface area contributed by atoms with Gasteiger partial charge >= 0.3 is 23.9 Å². The van der Waals surface area contributed by atoms with Crippen molar-refractivity contribution >= 4 is 23.9 Å². The lowest BCUT2D eigenvalue weighted by atomic mass is 9.88. The molecule has 0 amide bonds. The van der Waals surface area contributed by atoms with Crippen molar-refractivity contribution in [2.24, 2.45) is 0 Å². The maximum atomic E-state index is 12.2. The fourth-order valence-corrected chi connectivity index (χ4v) is 5.70. The molecular weight excluding hydrogens is 556 g/mol. The fourth-order valence-electron chi connectivity index (χ4n) is 5.70. The van der Waals surface area contributed by atoms with Crippen LogP contribution in [0.5, 0.6) is 0 Å².